The summed E-state index contributed by atoms with van der Waals surface area (Å²) >= 11 is 2.55. The zero-order valence-electron chi connectivity index (χ0n) is 16.3. The molecule has 3 aromatic carbocycles. The number of hydrogen-bond donors (Lipinski definition) is 0. The minimum atomic E-state index is -0.446. The van der Waals surface area contributed by atoms with Gasteiger partial charge < -0.3 is 0 Å². The Labute approximate surface area is 192 Å². The highest BCUT2D eigenvalue weighted by molar-refractivity contribution is 14.1. The molecule has 0 spiro atoms. The summed E-state index contributed by atoms with van der Waals surface area (Å²) in [6.07, 6.45) is 7.66. The van der Waals surface area contributed by atoms with E-state index in [0.29, 0.717) is 0 Å². The highest BCUT2D eigenvalue weighted by Crippen LogP contribution is 2.32. The quantitative estimate of drug-likeness (QED) is 0.149. The third-order valence-corrected chi connectivity index (χ3v) is 8.77. The van der Waals surface area contributed by atoms with Crippen molar-refractivity contribution in [1.29, 1.82) is 0 Å². The zero-order chi connectivity index (χ0) is 19.6. The molecule has 4 rings (SSSR count). The first-order valence-corrected chi connectivity index (χ1v) is 12.6. The van der Waals surface area contributed by atoms with Crippen molar-refractivity contribution in [3.8, 4) is 0 Å². The number of benzene rings is 3. The van der Waals surface area contributed by atoms with Crippen LogP contribution in [0.3, 0.4) is 0 Å². The molecule has 2 heteroatoms. The molecule has 0 aliphatic heterocycles. The van der Waals surface area contributed by atoms with Gasteiger partial charge in [-0.3, -0.25) is 0 Å². The first-order valence-electron chi connectivity index (χ1n) is 10.00. The van der Waals surface area contributed by atoms with E-state index in [1.807, 2.05) is 0 Å². The minimum absolute atomic E-state index is 0. The standard InChI is InChI=1S/C18H15P.C8H13I.CH4/c1-4-10-16(11-5-1)19(17-12-6-2-7-13-17)18-14-8-3-9-15-18;1-2-7-3-5-8(9)6-4-7;/h1-15H;2,7-8H,1,3-6H2;1H4. The lowest BCUT2D eigenvalue weighted by atomic mass is 9.90. The molecule has 152 valence electrons. The van der Waals surface area contributed by atoms with Crippen molar-refractivity contribution in [3.05, 3.63) is 104 Å². The van der Waals surface area contributed by atoms with E-state index in [0.717, 1.165) is 9.84 Å². The number of allylic oxidation sites excluding steroid dienone is 1. The van der Waals surface area contributed by atoms with Crippen LogP contribution in [0.2, 0.25) is 0 Å². The Morgan fingerprint density at radius 3 is 1.31 bits per heavy atom. The second-order valence-corrected chi connectivity index (χ2v) is 11.1. The summed E-state index contributed by atoms with van der Waals surface area (Å²) in [4.78, 5) is 0. The molecule has 1 aliphatic rings. The molecule has 29 heavy (non-hydrogen) atoms. The average molecular weight is 514 g/mol. The maximum absolute atomic E-state index is 3.81. The van der Waals surface area contributed by atoms with Crippen LogP contribution in [0, 0.1) is 5.92 Å². The fourth-order valence-electron chi connectivity index (χ4n) is 3.49. The Morgan fingerprint density at radius 1 is 0.655 bits per heavy atom. The van der Waals surface area contributed by atoms with Crippen molar-refractivity contribution in [2.24, 2.45) is 5.92 Å². The Hall–Kier alpha value is -1.44. The summed E-state index contributed by atoms with van der Waals surface area (Å²) in [6.45, 7) is 3.81. The van der Waals surface area contributed by atoms with E-state index in [2.05, 4.69) is 126 Å². The number of alkyl halides is 1. The van der Waals surface area contributed by atoms with Crippen molar-refractivity contribution in [2.45, 2.75) is 37.0 Å². The van der Waals surface area contributed by atoms with Gasteiger partial charge in [0, 0.05) is 3.92 Å². The first-order chi connectivity index (χ1) is 13.8. The summed E-state index contributed by atoms with van der Waals surface area (Å²) in [5.74, 6) is 0.830. The Kier molecular flexibility index (Phi) is 10.7. The van der Waals surface area contributed by atoms with Crippen molar-refractivity contribution < 1.29 is 0 Å². The van der Waals surface area contributed by atoms with E-state index in [-0.39, 0.29) is 7.43 Å². The molecule has 0 saturated heterocycles. The van der Waals surface area contributed by atoms with Gasteiger partial charge in [0.2, 0.25) is 0 Å². The van der Waals surface area contributed by atoms with E-state index in [1.165, 1.54) is 41.6 Å². The van der Waals surface area contributed by atoms with Crippen LogP contribution in [0.15, 0.2) is 104 Å². The van der Waals surface area contributed by atoms with Gasteiger partial charge in [-0.05, 0) is 55.4 Å². The van der Waals surface area contributed by atoms with Crippen LogP contribution in [0.4, 0.5) is 0 Å². The average Bonchev–Trinajstić information content (AvgIpc) is 2.77. The largest absolute Gasteiger partial charge is 0.103 e. The number of halogens is 1. The maximum Gasteiger partial charge on any atom is 0.0110 e. The highest BCUT2D eigenvalue weighted by Gasteiger charge is 2.16. The zero-order valence-corrected chi connectivity index (χ0v) is 19.3. The second-order valence-electron chi connectivity index (χ2n) is 7.09. The van der Waals surface area contributed by atoms with Crippen LogP contribution in [0.1, 0.15) is 33.1 Å². The second kappa shape index (κ2) is 13.0. The van der Waals surface area contributed by atoms with E-state index < -0.39 is 7.92 Å². The van der Waals surface area contributed by atoms with E-state index >= 15 is 0 Å². The minimum Gasteiger partial charge on any atom is -0.103 e. The molecule has 0 heterocycles. The molecule has 3 aromatic rings. The van der Waals surface area contributed by atoms with Gasteiger partial charge in [0.25, 0.3) is 0 Å². The number of rotatable bonds is 4. The Balaban J connectivity index is 0.000000255. The van der Waals surface area contributed by atoms with Crippen LogP contribution < -0.4 is 15.9 Å². The topological polar surface area (TPSA) is 0 Å². The highest BCUT2D eigenvalue weighted by atomic mass is 127. The molecule has 0 N–H and O–H groups in total. The predicted octanol–water partition coefficient (Wildman–Crippen LogP) is 7.25. The van der Waals surface area contributed by atoms with Gasteiger partial charge in [-0.25, -0.2) is 0 Å². The van der Waals surface area contributed by atoms with Gasteiger partial charge in [-0.1, -0.05) is 127 Å². The van der Waals surface area contributed by atoms with Gasteiger partial charge >= 0.3 is 0 Å². The molecule has 0 aromatic heterocycles. The lowest BCUT2D eigenvalue weighted by Crippen LogP contribution is -2.20. The molecule has 0 atom stereocenters. The van der Waals surface area contributed by atoms with E-state index in [9.17, 15) is 0 Å². The summed E-state index contributed by atoms with van der Waals surface area (Å²) in [6, 6.07) is 32.3. The molecule has 0 bridgehead atoms. The van der Waals surface area contributed by atoms with E-state index in [1.54, 1.807) is 0 Å². The van der Waals surface area contributed by atoms with Gasteiger partial charge in [0.15, 0.2) is 0 Å². The SMILES string of the molecule is C.C=CC1CCC(I)CC1.c1ccc(P(c2ccccc2)c2ccccc2)cc1. The Bertz CT molecular complexity index is 715. The molecule has 1 fully saturated rings. The summed E-state index contributed by atoms with van der Waals surface area (Å²) < 4.78 is 0.943. The van der Waals surface area contributed by atoms with Gasteiger partial charge in [0.05, 0.1) is 0 Å². The maximum atomic E-state index is 3.81. The smallest absolute Gasteiger partial charge is 0.0110 e. The predicted molar refractivity (Wildman–Crippen MR) is 142 cm³/mol. The lowest BCUT2D eigenvalue weighted by Gasteiger charge is -2.21. The number of hydrogen-bond acceptors (Lipinski definition) is 0. The summed E-state index contributed by atoms with van der Waals surface area (Å²) in [5.41, 5.74) is 0. The molecule has 0 amide bonds. The molecule has 0 nitrogen and oxygen atoms in total. The van der Waals surface area contributed by atoms with Crippen molar-refractivity contribution in [2.75, 3.05) is 0 Å². The molecular weight excluding hydrogens is 482 g/mol. The fourth-order valence-corrected chi connectivity index (χ4v) is 6.52. The van der Waals surface area contributed by atoms with Crippen LogP contribution in [0.5, 0.6) is 0 Å². The van der Waals surface area contributed by atoms with Gasteiger partial charge in [0.1, 0.15) is 0 Å². The molecule has 0 radical (unpaired) electrons. The van der Waals surface area contributed by atoms with Crippen molar-refractivity contribution in [3.63, 3.8) is 0 Å². The monoisotopic (exact) mass is 514 g/mol. The lowest BCUT2D eigenvalue weighted by molar-refractivity contribution is 0.437. The molecule has 0 unspecified atom stereocenters. The van der Waals surface area contributed by atoms with Gasteiger partial charge in [-0.15, -0.1) is 6.58 Å². The molecular formula is C27H32IP. The Morgan fingerprint density at radius 2 is 1.00 bits per heavy atom. The normalized spacial score (nSPS) is 18.1. The third kappa shape index (κ3) is 7.39. The summed E-state index contributed by atoms with van der Waals surface area (Å²) in [7, 11) is -0.446. The van der Waals surface area contributed by atoms with Crippen molar-refractivity contribution in [1.82, 2.24) is 0 Å². The van der Waals surface area contributed by atoms with Gasteiger partial charge in [-0.2, -0.15) is 0 Å². The fraction of sp³-hybridized carbons (Fsp3) is 0.259. The first kappa shape index (κ1) is 23.8. The van der Waals surface area contributed by atoms with Crippen LogP contribution in [-0.2, 0) is 0 Å². The van der Waals surface area contributed by atoms with Crippen LogP contribution >= 0.6 is 30.5 Å². The van der Waals surface area contributed by atoms with Crippen LogP contribution in [0.25, 0.3) is 0 Å². The third-order valence-electron chi connectivity index (χ3n) is 5.08. The van der Waals surface area contributed by atoms with Crippen molar-refractivity contribution >= 4 is 46.4 Å². The van der Waals surface area contributed by atoms with Crippen LogP contribution in [-0.4, -0.2) is 3.92 Å². The molecule has 1 saturated carbocycles. The molecule has 1 aliphatic carbocycles. The van der Waals surface area contributed by atoms with E-state index in [4.69, 9.17) is 0 Å². The summed E-state index contributed by atoms with van der Waals surface area (Å²) in [5, 5.41) is 4.19.